The predicted molar refractivity (Wildman–Crippen MR) is 50.1 cm³/mol. The molecule has 0 aliphatic rings. The number of allylic oxidation sites excluding steroid dienone is 5. The first-order valence-electron chi connectivity index (χ1n) is 3.11. The van der Waals surface area contributed by atoms with E-state index in [0.717, 1.165) is 0 Å². The Balaban J connectivity index is 0. The van der Waals surface area contributed by atoms with Gasteiger partial charge in [-0.3, -0.25) is 0 Å². The molecule has 0 rings (SSSR count). The monoisotopic (exact) mass is 138 g/mol. The molecule has 0 aromatic heterocycles. The van der Waals surface area contributed by atoms with Gasteiger partial charge in [0.15, 0.2) is 0 Å². The van der Waals surface area contributed by atoms with Crippen molar-refractivity contribution in [3.8, 4) is 0 Å². The molecule has 0 aliphatic carbocycles. The first-order chi connectivity index (χ1) is 4.16. The molecule has 10 heavy (non-hydrogen) atoms. The Hall–Kier alpha value is -0.780. The summed E-state index contributed by atoms with van der Waals surface area (Å²) in [5.41, 5.74) is 2.52. The molecule has 0 heterocycles. The van der Waals surface area contributed by atoms with Gasteiger partial charge < -0.3 is 0 Å². The molecule has 0 atom stereocenters. The van der Waals surface area contributed by atoms with E-state index in [1.165, 1.54) is 11.1 Å². The molecular weight excluding hydrogens is 120 g/mol. The average Bonchev–Trinajstić information content (AvgIpc) is 1.83. The first kappa shape index (κ1) is 12.0. The van der Waals surface area contributed by atoms with Gasteiger partial charge in [-0.1, -0.05) is 43.4 Å². The second-order valence-electron chi connectivity index (χ2n) is 2.36. The van der Waals surface area contributed by atoms with Crippen molar-refractivity contribution >= 4 is 0 Å². The molecule has 0 aromatic carbocycles. The third kappa shape index (κ3) is 7.22. The van der Waals surface area contributed by atoms with Crippen LogP contribution in [0.4, 0.5) is 0 Å². The van der Waals surface area contributed by atoms with E-state index >= 15 is 0 Å². The highest BCUT2D eigenvalue weighted by Gasteiger charge is 1.74. The van der Waals surface area contributed by atoms with Crippen LogP contribution in [0, 0.1) is 0 Å². The lowest BCUT2D eigenvalue weighted by molar-refractivity contribution is 1.38. The van der Waals surface area contributed by atoms with Crippen molar-refractivity contribution in [1.82, 2.24) is 0 Å². The maximum atomic E-state index is 3.64. The Bertz CT molecular complexity index is 143. The standard InChI is InChI=1S/C9H14.CH4/c1-5-9(4)7-6-8(2)3;/h5-7H,1H2,2-4H3;1H4/b9-7-;. The minimum atomic E-state index is 0. The molecule has 0 saturated heterocycles. The highest BCUT2D eigenvalue weighted by Crippen LogP contribution is 1.96. The summed E-state index contributed by atoms with van der Waals surface area (Å²) in [4.78, 5) is 0. The summed E-state index contributed by atoms with van der Waals surface area (Å²) in [6.07, 6.45) is 5.98. The van der Waals surface area contributed by atoms with Crippen LogP contribution in [0.2, 0.25) is 0 Å². The molecule has 0 aromatic rings. The van der Waals surface area contributed by atoms with Crippen molar-refractivity contribution in [2.75, 3.05) is 0 Å². The van der Waals surface area contributed by atoms with Gasteiger partial charge in [0.25, 0.3) is 0 Å². The Kier molecular flexibility index (Phi) is 7.58. The van der Waals surface area contributed by atoms with Gasteiger partial charge in [-0.15, -0.1) is 0 Å². The van der Waals surface area contributed by atoms with Crippen LogP contribution in [0.15, 0.2) is 36.0 Å². The third-order valence-electron chi connectivity index (χ3n) is 1.00. The van der Waals surface area contributed by atoms with Crippen LogP contribution in [0.5, 0.6) is 0 Å². The van der Waals surface area contributed by atoms with Gasteiger partial charge in [0.1, 0.15) is 0 Å². The Labute approximate surface area is 65.0 Å². The van der Waals surface area contributed by atoms with E-state index in [4.69, 9.17) is 0 Å². The largest absolute Gasteiger partial charge is 0.0988 e. The molecule has 0 nitrogen and oxygen atoms in total. The molecule has 0 unspecified atom stereocenters. The van der Waals surface area contributed by atoms with Gasteiger partial charge in [-0.2, -0.15) is 0 Å². The zero-order chi connectivity index (χ0) is 7.28. The molecule has 0 bridgehead atoms. The van der Waals surface area contributed by atoms with E-state index in [-0.39, 0.29) is 7.43 Å². The average molecular weight is 138 g/mol. The molecule has 0 aliphatic heterocycles. The lowest BCUT2D eigenvalue weighted by Crippen LogP contribution is -1.64. The summed E-state index contributed by atoms with van der Waals surface area (Å²) in [6, 6.07) is 0. The zero-order valence-electron chi connectivity index (χ0n) is 6.44. The fourth-order valence-corrected chi connectivity index (χ4v) is 0.366. The van der Waals surface area contributed by atoms with E-state index < -0.39 is 0 Å². The van der Waals surface area contributed by atoms with Crippen molar-refractivity contribution in [3.05, 3.63) is 36.0 Å². The van der Waals surface area contributed by atoms with Crippen LogP contribution in [0.25, 0.3) is 0 Å². The smallest absolute Gasteiger partial charge is 0.0398 e. The van der Waals surface area contributed by atoms with E-state index in [1.807, 2.05) is 13.0 Å². The predicted octanol–water partition coefficient (Wildman–Crippen LogP) is 3.72. The lowest BCUT2D eigenvalue weighted by Gasteiger charge is -1.86. The molecule has 58 valence electrons. The van der Waals surface area contributed by atoms with E-state index in [0.29, 0.717) is 0 Å². The second kappa shape index (κ2) is 6.34. The SMILES string of the molecule is C.C=C/C(C)=C\C=C(C)C. The summed E-state index contributed by atoms with van der Waals surface area (Å²) in [5, 5.41) is 0. The van der Waals surface area contributed by atoms with Crippen LogP contribution in [-0.2, 0) is 0 Å². The second-order valence-corrected chi connectivity index (χ2v) is 2.36. The topological polar surface area (TPSA) is 0 Å². The van der Waals surface area contributed by atoms with Crippen molar-refractivity contribution in [2.24, 2.45) is 0 Å². The van der Waals surface area contributed by atoms with Crippen LogP contribution in [0.3, 0.4) is 0 Å². The highest BCUT2D eigenvalue weighted by molar-refractivity contribution is 5.21. The summed E-state index contributed by atoms with van der Waals surface area (Å²) in [7, 11) is 0. The Morgan fingerprint density at radius 1 is 1.10 bits per heavy atom. The fraction of sp³-hybridized carbons (Fsp3) is 0.400. The lowest BCUT2D eigenvalue weighted by atomic mass is 10.2. The molecular formula is C10H18. The van der Waals surface area contributed by atoms with Crippen molar-refractivity contribution in [3.63, 3.8) is 0 Å². The molecule has 0 fully saturated rings. The molecule has 0 N–H and O–H groups in total. The van der Waals surface area contributed by atoms with Gasteiger partial charge in [-0.25, -0.2) is 0 Å². The van der Waals surface area contributed by atoms with E-state index in [9.17, 15) is 0 Å². The van der Waals surface area contributed by atoms with Gasteiger partial charge in [-0.05, 0) is 20.8 Å². The summed E-state index contributed by atoms with van der Waals surface area (Å²) >= 11 is 0. The van der Waals surface area contributed by atoms with Crippen LogP contribution < -0.4 is 0 Å². The van der Waals surface area contributed by atoms with Crippen LogP contribution >= 0.6 is 0 Å². The maximum absolute atomic E-state index is 3.64. The normalized spacial score (nSPS) is 9.70. The number of hydrogen-bond donors (Lipinski definition) is 0. The first-order valence-corrected chi connectivity index (χ1v) is 3.11. The van der Waals surface area contributed by atoms with Crippen molar-refractivity contribution < 1.29 is 0 Å². The number of hydrogen-bond acceptors (Lipinski definition) is 0. The summed E-state index contributed by atoms with van der Waals surface area (Å²) in [6.45, 7) is 9.83. The quantitative estimate of drug-likeness (QED) is 0.510. The highest BCUT2D eigenvalue weighted by atomic mass is 13.8. The summed E-state index contributed by atoms with van der Waals surface area (Å²) in [5.74, 6) is 0. The number of rotatable bonds is 2. The minimum absolute atomic E-state index is 0. The molecule has 0 saturated carbocycles. The molecule has 0 heteroatoms. The molecule has 0 radical (unpaired) electrons. The van der Waals surface area contributed by atoms with Gasteiger partial charge in [0.05, 0.1) is 0 Å². The third-order valence-corrected chi connectivity index (χ3v) is 1.00. The fourth-order valence-electron chi connectivity index (χ4n) is 0.366. The maximum Gasteiger partial charge on any atom is -0.0398 e. The summed E-state index contributed by atoms with van der Waals surface area (Å²) < 4.78 is 0. The minimum Gasteiger partial charge on any atom is -0.0988 e. The van der Waals surface area contributed by atoms with Crippen molar-refractivity contribution in [2.45, 2.75) is 28.2 Å². The van der Waals surface area contributed by atoms with Gasteiger partial charge >= 0.3 is 0 Å². The van der Waals surface area contributed by atoms with E-state index in [1.54, 1.807) is 0 Å². The van der Waals surface area contributed by atoms with Crippen LogP contribution in [-0.4, -0.2) is 0 Å². The molecule has 0 spiro atoms. The van der Waals surface area contributed by atoms with Crippen molar-refractivity contribution in [1.29, 1.82) is 0 Å². The van der Waals surface area contributed by atoms with Crippen LogP contribution in [0.1, 0.15) is 28.2 Å². The Morgan fingerprint density at radius 2 is 1.60 bits per heavy atom. The Morgan fingerprint density at radius 3 is 1.90 bits per heavy atom. The van der Waals surface area contributed by atoms with Gasteiger partial charge in [0.2, 0.25) is 0 Å². The van der Waals surface area contributed by atoms with Gasteiger partial charge in [0, 0.05) is 0 Å². The zero-order valence-corrected chi connectivity index (χ0v) is 6.44. The van der Waals surface area contributed by atoms with E-state index in [2.05, 4.69) is 32.6 Å². The molecule has 0 amide bonds.